The lowest BCUT2D eigenvalue weighted by Gasteiger charge is -2.22. The van der Waals surface area contributed by atoms with Crippen LogP contribution in [-0.4, -0.2) is 43.1 Å². The van der Waals surface area contributed by atoms with Crippen molar-refractivity contribution in [2.75, 3.05) is 20.2 Å². The van der Waals surface area contributed by atoms with Crippen LogP contribution in [0.15, 0.2) is 0 Å². The fraction of sp³-hybridized carbons (Fsp3) is 0.800. The molecule has 0 radical (unpaired) electrons. The van der Waals surface area contributed by atoms with Crippen LogP contribution >= 0.6 is 0 Å². The summed E-state index contributed by atoms with van der Waals surface area (Å²) >= 11 is 0. The van der Waals surface area contributed by atoms with Crippen LogP contribution in [0.2, 0.25) is 0 Å². The Morgan fingerprint density at radius 3 is 2.87 bits per heavy atom. The van der Waals surface area contributed by atoms with Crippen LogP contribution in [0.5, 0.6) is 0 Å². The smallest absolute Gasteiger partial charge is 0.410 e. The number of carbonyl (C=O) groups excluding carboxylic acids is 2. The maximum atomic E-state index is 11.7. The average Bonchev–Trinajstić information content (AvgIpc) is 2.73. The number of hydrogen-bond acceptors (Lipinski definition) is 3. The summed E-state index contributed by atoms with van der Waals surface area (Å²) in [5.41, 5.74) is 0. The molecule has 1 heterocycles. The number of nitrogens with zero attached hydrogens (tertiary/aromatic N) is 1. The van der Waals surface area contributed by atoms with Gasteiger partial charge in [0, 0.05) is 13.1 Å². The zero-order valence-electron chi connectivity index (χ0n) is 9.28. The molecule has 0 spiro atoms. The minimum Gasteiger partial charge on any atom is -0.453 e. The number of rotatable bonds is 3. The Kier molecular flexibility index (Phi) is 4.39. The van der Waals surface area contributed by atoms with Crippen molar-refractivity contribution >= 4 is 12.0 Å². The molecule has 1 aliphatic rings. The summed E-state index contributed by atoms with van der Waals surface area (Å²) in [6, 6.07) is -0.344. The van der Waals surface area contributed by atoms with Gasteiger partial charge in [-0.3, -0.25) is 9.69 Å². The molecular formula is C10H18N2O3. The normalized spacial score (nSPS) is 20.1. The third-order valence-corrected chi connectivity index (χ3v) is 2.51. The molecule has 1 fully saturated rings. The molecule has 5 nitrogen and oxygen atoms in total. The number of amides is 2. The van der Waals surface area contributed by atoms with E-state index < -0.39 is 6.09 Å². The van der Waals surface area contributed by atoms with Crippen LogP contribution < -0.4 is 5.32 Å². The van der Waals surface area contributed by atoms with E-state index in [1.807, 2.05) is 6.92 Å². The molecule has 0 saturated carbocycles. The van der Waals surface area contributed by atoms with E-state index >= 15 is 0 Å². The Hall–Kier alpha value is -1.26. The number of methoxy groups -OCH3 is 1. The van der Waals surface area contributed by atoms with Gasteiger partial charge in [-0.15, -0.1) is 0 Å². The molecule has 1 unspecified atom stereocenters. The lowest BCUT2D eigenvalue weighted by atomic mass is 10.2. The molecule has 2 amide bonds. The summed E-state index contributed by atoms with van der Waals surface area (Å²) in [4.78, 5) is 24.5. The van der Waals surface area contributed by atoms with Gasteiger partial charge in [-0.1, -0.05) is 6.92 Å². The van der Waals surface area contributed by atoms with E-state index in [1.165, 1.54) is 12.0 Å². The topological polar surface area (TPSA) is 58.6 Å². The molecule has 1 N–H and O–H groups in total. The largest absolute Gasteiger partial charge is 0.453 e. The molecule has 5 heteroatoms. The van der Waals surface area contributed by atoms with Crippen LogP contribution in [0.3, 0.4) is 0 Å². The molecular weight excluding hydrogens is 196 g/mol. The standard InChI is InChI=1S/C10H18N2O3/c1-3-6-11-9(13)8-5-4-7-12(8)10(14)15-2/h8H,3-7H2,1-2H3,(H,11,13). The highest BCUT2D eigenvalue weighted by atomic mass is 16.5. The van der Waals surface area contributed by atoms with Crippen LogP contribution in [0.25, 0.3) is 0 Å². The van der Waals surface area contributed by atoms with Crippen molar-refractivity contribution in [3.05, 3.63) is 0 Å². The Bertz CT molecular complexity index is 243. The zero-order valence-corrected chi connectivity index (χ0v) is 9.28. The van der Waals surface area contributed by atoms with Gasteiger partial charge in [0.2, 0.25) is 5.91 Å². The Morgan fingerprint density at radius 1 is 1.53 bits per heavy atom. The lowest BCUT2D eigenvalue weighted by Crippen LogP contribution is -2.46. The molecule has 0 aromatic carbocycles. The third kappa shape index (κ3) is 2.84. The minimum absolute atomic E-state index is 0.0697. The van der Waals surface area contributed by atoms with Gasteiger partial charge >= 0.3 is 6.09 Å². The van der Waals surface area contributed by atoms with Gasteiger partial charge < -0.3 is 10.1 Å². The average molecular weight is 214 g/mol. The van der Waals surface area contributed by atoms with E-state index in [1.54, 1.807) is 0 Å². The van der Waals surface area contributed by atoms with Crippen molar-refractivity contribution in [1.82, 2.24) is 10.2 Å². The van der Waals surface area contributed by atoms with E-state index in [9.17, 15) is 9.59 Å². The fourth-order valence-electron chi connectivity index (χ4n) is 1.74. The monoisotopic (exact) mass is 214 g/mol. The van der Waals surface area contributed by atoms with Gasteiger partial charge in [-0.2, -0.15) is 0 Å². The molecule has 0 aromatic heterocycles. The molecule has 15 heavy (non-hydrogen) atoms. The first-order valence-corrected chi connectivity index (χ1v) is 5.33. The second kappa shape index (κ2) is 5.58. The number of hydrogen-bond donors (Lipinski definition) is 1. The van der Waals surface area contributed by atoms with Gasteiger partial charge in [0.05, 0.1) is 7.11 Å². The number of likely N-dealkylation sites (tertiary alicyclic amines) is 1. The molecule has 0 aromatic rings. The molecule has 1 aliphatic heterocycles. The van der Waals surface area contributed by atoms with Crippen LogP contribution in [0.4, 0.5) is 4.79 Å². The predicted molar refractivity (Wildman–Crippen MR) is 55.4 cm³/mol. The van der Waals surface area contributed by atoms with E-state index in [0.717, 1.165) is 19.3 Å². The summed E-state index contributed by atoms with van der Waals surface area (Å²) < 4.78 is 4.63. The fourth-order valence-corrected chi connectivity index (χ4v) is 1.74. The maximum absolute atomic E-state index is 11.7. The molecule has 0 bridgehead atoms. The quantitative estimate of drug-likeness (QED) is 0.754. The second-order valence-electron chi connectivity index (χ2n) is 3.61. The highest BCUT2D eigenvalue weighted by Gasteiger charge is 2.34. The first-order chi connectivity index (χ1) is 7.20. The van der Waals surface area contributed by atoms with Crippen molar-refractivity contribution in [2.45, 2.75) is 32.2 Å². The Balaban J connectivity index is 2.52. The van der Waals surface area contributed by atoms with Crippen molar-refractivity contribution in [2.24, 2.45) is 0 Å². The van der Waals surface area contributed by atoms with Gasteiger partial charge in [0.15, 0.2) is 0 Å². The molecule has 1 saturated heterocycles. The second-order valence-corrected chi connectivity index (χ2v) is 3.61. The van der Waals surface area contributed by atoms with E-state index in [-0.39, 0.29) is 11.9 Å². The summed E-state index contributed by atoms with van der Waals surface area (Å²) in [6.07, 6.45) is 2.07. The van der Waals surface area contributed by atoms with E-state index in [4.69, 9.17) is 0 Å². The molecule has 1 rings (SSSR count). The van der Waals surface area contributed by atoms with E-state index in [0.29, 0.717) is 13.1 Å². The van der Waals surface area contributed by atoms with Crippen molar-refractivity contribution in [3.63, 3.8) is 0 Å². The third-order valence-electron chi connectivity index (χ3n) is 2.51. The van der Waals surface area contributed by atoms with E-state index in [2.05, 4.69) is 10.1 Å². The van der Waals surface area contributed by atoms with Gasteiger partial charge in [0.25, 0.3) is 0 Å². The molecule has 86 valence electrons. The summed E-state index contributed by atoms with van der Waals surface area (Å²) in [5.74, 6) is -0.0697. The number of carbonyl (C=O) groups is 2. The SMILES string of the molecule is CCCNC(=O)C1CCCN1C(=O)OC. The van der Waals surface area contributed by atoms with Gasteiger partial charge in [-0.25, -0.2) is 4.79 Å². The highest BCUT2D eigenvalue weighted by Crippen LogP contribution is 2.18. The lowest BCUT2D eigenvalue weighted by molar-refractivity contribution is -0.125. The van der Waals surface area contributed by atoms with Crippen molar-refractivity contribution in [1.29, 1.82) is 0 Å². The van der Waals surface area contributed by atoms with Gasteiger partial charge in [-0.05, 0) is 19.3 Å². The van der Waals surface area contributed by atoms with Crippen molar-refractivity contribution in [3.8, 4) is 0 Å². The Labute approximate surface area is 89.8 Å². The predicted octanol–water partition coefficient (Wildman–Crippen LogP) is 0.743. The highest BCUT2D eigenvalue weighted by molar-refractivity contribution is 5.86. The van der Waals surface area contributed by atoms with Crippen LogP contribution in [0, 0.1) is 0 Å². The van der Waals surface area contributed by atoms with Crippen LogP contribution in [0.1, 0.15) is 26.2 Å². The molecule has 1 atom stereocenters. The van der Waals surface area contributed by atoms with Gasteiger partial charge in [0.1, 0.15) is 6.04 Å². The maximum Gasteiger partial charge on any atom is 0.410 e. The zero-order chi connectivity index (χ0) is 11.3. The summed E-state index contributed by atoms with van der Waals surface area (Å²) in [6.45, 7) is 3.26. The number of ether oxygens (including phenoxy) is 1. The molecule has 0 aliphatic carbocycles. The first-order valence-electron chi connectivity index (χ1n) is 5.33. The van der Waals surface area contributed by atoms with Crippen molar-refractivity contribution < 1.29 is 14.3 Å². The number of nitrogens with one attached hydrogen (secondary N) is 1. The summed E-state index contributed by atoms with van der Waals surface area (Å²) in [7, 11) is 1.33. The summed E-state index contributed by atoms with van der Waals surface area (Å²) in [5, 5.41) is 2.79. The first kappa shape index (κ1) is 11.8. The minimum atomic E-state index is -0.413. The Morgan fingerprint density at radius 2 is 2.27 bits per heavy atom. The van der Waals surface area contributed by atoms with Crippen LogP contribution in [-0.2, 0) is 9.53 Å².